The first kappa shape index (κ1) is 18.3. The summed E-state index contributed by atoms with van der Waals surface area (Å²) in [6.45, 7) is 13.7. The quantitative estimate of drug-likeness (QED) is 0.746. The molecule has 0 atom stereocenters. The van der Waals surface area contributed by atoms with Crippen molar-refractivity contribution in [2.24, 2.45) is 0 Å². The molecule has 130 valence electrons. The summed E-state index contributed by atoms with van der Waals surface area (Å²) in [6, 6.07) is 8.38. The molecule has 1 heterocycles. The molecule has 2 rings (SSSR count). The third-order valence-electron chi connectivity index (χ3n) is 4.22. The van der Waals surface area contributed by atoms with E-state index >= 15 is 0 Å². The fourth-order valence-corrected chi connectivity index (χ4v) is 2.84. The first-order valence-corrected chi connectivity index (χ1v) is 11.1. The lowest BCUT2D eigenvalue weighted by Crippen LogP contribution is -2.43. The van der Waals surface area contributed by atoms with Crippen molar-refractivity contribution in [2.75, 3.05) is 11.9 Å². The molecule has 0 aliphatic heterocycles. The molecule has 1 aromatic heterocycles. The minimum absolute atomic E-state index is 0.184. The Morgan fingerprint density at radius 3 is 2.08 bits per heavy atom. The minimum Gasteiger partial charge on any atom is -0.544 e. The Morgan fingerprint density at radius 2 is 1.58 bits per heavy atom. The molecule has 0 aliphatic carbocycles. The molecule has 0 aliphatic rings. The number of anilines is 2. The monoisotopic (exact) mass is 345 g/mol. The van der Waals surface area contributed by atoms with Crippen LogP contribution in [0.3, 0.4) is 0 Å². The maximum atomic E-state index is 6.28. The lowest BCUT2D eigenvalue weighted by molar-refractivity contribution is 0.312. The van der Waals surface area contributed by atoms with E-state index < -0.39 is 8.32 Å². The second-order valence-electron chi connectivity index (χ2n) is 7.20. The number of nitrogens with zero attached hydrogens (tertiary/aromatic N) is 2. The lowest BCUT2D eigenvalue weighted by atomic mass is 10.2. The largest absolute Gasteiger partial charge is 0.544 e. The summed E-state index contributed by atoms with van der Waals surface area (Å²) >= 11 is 0. The second-order valence-corrected chi connectivity index (χ2v) is 11.9. The molecule has 6 heteroatoms. The molecule has 1 aromatic carbocycles. The van der Waals surface area contributed by atoms with Crippen LogP contribution in [0, 0.1) is 0 Å². The summed E-state index contributed by atoms with van der Waals surface area (Å²) in [7, 11) is -1.81. The van der Waals surface area contributed by atoms with E-state index in [1.165, 1.54) is 0 Å². The number of benzene rings is 1. The summed E-state index contributed by atoms with van der Waals surface area (Å²) in [5, 5.41) is 3.45. The van der Waals surface area contributed by atoms with Gasteiger partial charge in [0.1, 0.15) is 5.75 Å². The number of aromatic nitrogens is 2. The number of hydrogen-bond acceptors (Lipinski definition) is 5. The predicted octanol–water partition coefficient (Wildman–Crippen LogP) is 5.00. The zero-order valence-corrected chi connectivity index (χ0v) is 16.4. The SMILES string of the molecule is CCOc1ncc(Nc2ccc(O[Si](C)(C)C(C)(C)C)cc2)cn1. The average molecular weight is 346 g/mol. The van der Waals surface area contributed by atoms with Gasteiger partial charge in [0.2, 0.25) is 8.32 Å². The van der Waals surface area contributed by atoms with Crippen molar-refractivity contribution in [3.05, 3.63) is 36.7 Å². The zero-order valence-electron chi connectivity index (χ0n) is 15.4. The van der Waals surface area contributed by atoms with E-state index in [-0.39, 0.29) is 5.04 Å². The third-order valence-corrected chi connectivity index (χ3v) is 8.58. The molecule has 5 nitrogen and oxygen atoms in total. The first-order valence-electron chi connectivity index (χ1n) is 8.22. The van der Waals surface area contributed by atoms with Gasteiger partial charge in [-0.15, -0.1) is 0 Å². The molecule has 0 bridgehead atoms. The van der Waals surface area contributed by atoms with E-state index in [0.29, 0.717) is 12.6 Å². The van der Waals surface area contributed by atoms with Gasteiger partial charge in [-0.1, -0.05) is 20.8 Å². The molecule has 0 saturated heterocycles. The van der Waals surface area contributed by atoms with Gasteiger partial charge in [-0.05, 0) is 49.3 Å². The highest BCUT2D eigenvalue weighted by atomic mass is 28.4. The molecular formula is C18H27N3O2Si. The number of ether oxygens (including phenoxy) is 1. The number of rotatable bonds is 6. The summed E-state index contributed by atoms with van der Waals surface area (Å²) in [5.41, 5.74) is 1.78. The Kier molecular flexibility index (Phi) is 5.49. The van der Waals surface area contributed by atoms with Gasteiger partial charge in [-0.25, -0.2) is 9.97 Å². The molecule has 24 heavy (non-hydrogen) atoms. The van der Waals surface area contributed by atoms with Gasteiger partial charge in [-0.2, -0.15) is 0 Å². The van der Waals surface area contributed by atoms with Crippen molar-refractivity contribution in [3.63, 3.8) is 0 Å². The zero-order chi connectivity index (χ0) is 17.8. The summed E-state index contributed by atoms with van der Waals surface area (Å²) in [6.07, 6.45) is 3.41. The third kappa shape index (κ3) is 4.71. The average Bonchev–Trinajstić information content (AvgIpc) is 2.50. The maximum Gasteiger partial charge on any atom is 0.316 e. The van der Waals surface area contributed by atoms with Crippen LogP contribution in [-0.4, -0.2) is 24.9 Å². The van der Waals surface area contributed by atoms with Crippen LogP contribution in [0.2, 0.25) is 18.1 Å². The summed E-state index contributed by atoms with van der Waals surface area (Å²) < 4.78 is 11.5. The van der Waals surface area contributed by atoms with Crippen LogP contribution in [0.25, 0.3) is 0 Å². The topological polar surface area (TPSA) is 56.3 Å². The van der Waals surface area contributed by atoms with E-state index in [4.69, 9.17) is 9.16 Å². The Bertz CT molecular complexity index is 649. The fraction of sp³-hybridized carbons (Fsp3) is 0.444. The Hall–Kier alpha value is -2.08. The van der Waals surface area contributed by atoms with Gasteiger partial charge in [0.05, 0.1) is 24.7 Å². The molecule has 0 saturated carbocycles. The second kappa shape index (κ2) is 7.21. The van der Waals surface area contributed by atoms with Gasteiger partial charge < -0.3 is 14.5 Å². The van der Waals surface area contributed by atoms with Crippen molar-refractivity contribution < 1.29 is 9.16 Å². The lowest BCUT2D eigenvalue weighted by Gasteiger charge is -2.36. The van der Waals surface area contributed by atoms with Crippen molar-refractivity contribution in [3.8, 4) is 11.8 Å². The van der Waals surface area contributed by atoms with E-state index in [9.17, 15) is 0 Å². The molecule has 0 radical (unpaired) electrons. The smallest absolute Gasteiger partial charge is 0.316 e. The molecule has 1 N–H and O–H groups in total. The van der Waals surface area contributed by atoms with Gasteiger partial charge in [0.15, 0.2) is 0 Å². The fourth-order valence-electron chi connectivity index (χ4n) is 1.81. The van der Waals surface area contributed by atoms with Crippen molar-refractivity contribution in [1.29, 1.82) is 0 Å². The van der Waals surface area contributed by atoms with Crippen LogP contribution in [-0.2, 0) is 0 Å². The molecule has 0 fully saturated rings. The van der Waals surface area contributed by atoms with Crippen molar-refractivity contribution in [2.45, 2.75) is 45.8 Å². The highest BCUT2D eigenvalue weighted by Gasteiger charge is 2.38. The van der Waals surface area contributed by atoms with E-state index in [1.54, 1.807) is 12.4 Å². The number of hydrogen-bond donors (Lipinski definition) is 1. The molecule has 0 amide bonds. The minimum atomic E-state index is -1.81. The highest BCUT2D eigenvalue weighted by molar-refractivity contribution is 6.74. The highest BCUT2D eigenvalue weighted by Crippen LogP contribution is 2.37. The standard InChI is InChI=1S/C18H27N3O2Si/c1-7-22-17-19-12-15(13-20-17)21-14-8-10-16(11-9-14)23-24(5,6)18(2,3)4/h8-13,21H,7H2,1-6H3. The van der Waals surface area contributed by atoms with Crippen LogP contribution in [0.15, 0.2) is 36.7 Å². The van der Waals surface area contributed by atoms with E-state index in [2.05, 4.69) is 49.1 Å². The normalized spacial score (nSPS) is 11.9. The van der Waals surface area contributed by atoms with Gasteiger partial charge in [0.25, 0.3) is 0 Å². The Balaban J connectivity index is 2.02. The molecular weight excluding hydrogens is 318 g/mol. The first-order chi connectivity index (χ1) is 11.2. The summed E-state index contributed by atoms with van der Waals surface area (Å²) in [5.74, 6) is 0.912. The van der Waals surface area contributed by atoms with Crippen LogP contribution >= 0.6 is 0 Å². The summed E-state index contributed by atoms with van der Waals surface area (Å²) in [4.78, 5) is 8.29. The van der Waals surface area contributed by atoms with E-state index in [1.807, 2.05) is 31.2 Å². The van der Waals surface area contributed by atoms with E-state index in [0.717, 1.165) is 17.1 Å². The van der Waals surface area contributed by atoms with Crippen molar-refractivity contribution >= 4 is 19.7 Å². The molecule has 0 spiro atoms. The predicted molar refractivity (Wildman–Crippen MR) is 101 cm³/mol. The number of nitrogens with one attached hydrogen (secondary N) is 1. The molecule has 0 unspecified atom stereocenters. The molecule has 2 aromatic rings. The Morgan fingerprint density at radius 1 is 1.00 bits per heavy atom. The van der Waals surface area contributed by atoms with Gasteiger partial charge in [-0.3, -0.25) is 0 Å². The van der Waals surface area contributed by atoms with Crippen LogP contribution in [0.1, 0.15) is 27.7 Å². The Labute approximate surface area is 145 Å². The van der Waals surface area contributed by atoms with Gasteiger partial charge in [0, 0.05) is 5.69 Å². The van der Waals surface area contributed by atoms with Crippen molar-refractivity contribution in [1.82, 2.24) is 9.97 Å². The van der Waals surface area contributed by atoms with Crippen LogP contribution in [0.4, 0.5) is 11.4 Å². The maximum absolute atomic E-state index is 6.28. The van der Waals surface area contributed by atoms with Crippen LogP contribution < -0.4 is 14.5 Å². The van der Waals surface area contributed by atoms with Crippen LogP contribution in [0.5, 0.6) is 11.8 Å². The van der Waals surface area contributed by atoms with Gasteiger partial charge >= 0.3 is 6.01 Å².